The summed E-state index contributed by atoms with van der Waals surface area (Å²) in [5.74, 6) is -5.12. The van der Waals surface area contributed by atoms with Gasteiger partial charge in [0.1, 0.15) is 27.3 Å². The van der Waals surface area contributed by atoms with Crippen molar-refractivity contribution in [1.82, 2.24) is 0 Å². The van der Waals surface area contributed by atoms with Crippen LogP contribution in [0.3, 0.4) is 0 Å². The molecule has 0 amide bonds. The van der Waals surface area contributed by atoms with E-state index in [0.29, 0.717) is 12.8 Å². The Morgan fingerprint density at radius 1 is 0.650 bits per heavy atom. The van der Waals surface area contributed by atoms with Crippen molar-refractivity contribution >= 4 is 75.7 Å². The SMILES string of the molecule is CCC(CC(=O)CC(CC)C(=O)c1ccc(OCC(=O)O)c(Cl)c1Cl)C(=O)c1ccc(OCC(=O)O)c(Cl)c1Cl. The molecule has 216 valence electrons. The first-order valence-corrected chi connectivity index (χ1v) is 13.6. The second kappa shape index (κ2) is 15.2. The van der Waals surface area contributed by atoms with Crippen molar-refractivity contribution in [2.24, 2.45) is 11.8 Å². The molecule has 0 fully saturated rings. The molecule has 0 spiro atoms. The van der Waals surface area contributed by atoms with E-state index >= 15 is 0 Å². The van der Waals surface area contributed by atoms with E-state index in [1.165, 1.54) is 24.3 Å². The molecule has 2 aromatic carbocycles. The molecule has 0 aliphatic heterocycles. The third-order valence-electron chi connectivity index (χ3n) is 6.00. The molecular weight excluding hydrogens is 610 g/mol. The molecule has 2 atom stereocenters. The Bertz CT molecular complexity index is 1210. The van der Waals surface area contributed by atoms with Crippen LogP contribution in [0.15, 0.2) is 24.3 Å². The number of carboxylic acids is 2. The van der Waals surface area contributed by atoms with Crippen molar-refractivity contribution in [3.63, 3.8) is 0 Å². The molecule has 0 aromatic heterocycles. The van der Waals surface area contributed by atoms with Gasteiger partial charge < -0.3 is 19.7 Å². The average Bonchev–Trinajstić information content (AvgIpc) is 2.91. The molecule has 2 aromatic rings. The Labute approximate surface area is 250 Å². The van der Waals surface area contributed by atoms with Crippen LogP contribution in [0.5, 0.6) is 11.5 Å². The van der Waals surface area contributed by atoms with E-state index in [2.05, 4.69) is 0 Å². The number of carbonyl (C=O) groups excluding carboxylic acids is 3. The highest BCUT2D eigenvalue weighted by atomic mass is 35.5. The van der Waals surface area contributed by atoms with Gasteiger partial charge in [-0.1, -0.05) is 60.3 Å². The lowest BCUT2D eigenvalue weighted by molar-refractivity contribution is -0.140. The van der Waals surface area contributed by atoms with Crippen molar-refractivity contribution in [1.29, 1.82) is 0 Å². The van der Waals surface area contributed by atoms with Crippen molar-refractivity contribution in [3.05, 3.63) is 55.5 Å². The number of ketones is 3. The second-order valence-electron chi connectivity index (χ2n) is 8.73. The van der Waals surface area contributed by atoms with Gasteiger partial charge in [0.2, 0.25) is 0 Å². The van der Waals surface area contributed by atoms with Crippen LogP contribution >= 0.6 is 46.4 Å². The van der Waals surface area contributed by atoms with Gasteiger partial charge in [-0.3, -0.25) is 14.4 Å². The molecule has 0 bridgehead atoms. The van der Waals surface area contributed by atoms with Crippen molar-refractivity contribution in [3.8, 4) is 11.5 Å². The van der Waals surface area contributed by atoms with Crippen molar-refractivity contribution < 1.29 is 43.7 Å². The molecule has 2 rings (SSSR count). The van der Waals surface area contributed by atoms with Gasteiger partial charge in [-0.15, -0.1) is 0 Å². The zero-order chi connectivity index (χ0) is 30.1. The third-order valence-corrected chi connectivity index (χ3v) is 7.73. The van der Waals surface area contributed by atoms with E-state index in [9.17, 15) is 24.0 Å². The standard InChI is InChI=1S/C27H26Cl4O9/c1-3-13(26(37)16-5-7-18(24(30)22(16)28)39-11-20(33)34)9-15(32)10-14(4-2)27(38)17-6-8-19(25(31)23(17)29)40-12-21(35)36/h5-8,13-14H,3-4,9-12H2,1-2H3,(H,33,34)(H,35,36). The number of ether oxygens (including phenoxy) is 2. The zero-order valence-electron chi connectivity index (χ0n) is 21.5. The second-order valence-corrected chi connectivity index (χ2v) is 10.2. The molecule has 0 saturated carbocycles. The molecule has 0 aliphatic carbocycles. The van der Waals surface area contributed by atoms with E-state index in [4.69, 9.17) is 66.1 Å². The highest BCUT2D eigenvalue weighted by molar-refractivity contribution is 6.45. The van der Waals surface area contributed by atoms with Crippen molar-refractivity contribution in [2.45, 2.75) is 39.5 Å². The van der Waals surface area contributed by atoms with E-state index in [1.54, 1.807) is 13.8 Å². The molecule has 2 N–H and O–H groups in total. The Morgan fingerprint density at radius 3 is 1.30 bits per heavy atom. The summed E-state index contributed by atoms with van der Waals surface area (Å²) in [6, 6.07) is 5.37. The highest BCUT2D eigenvalue weighted by Gasteiger charge is 2.29. The average molecular weight is 636 g/mol. The van der Waals surface area contributed by atoms with Crippen molar-refractivity contribution in [2.75, 3.05) is 13.2 Å². The van der Waals surface area contributed by atoms with Gasteiger partial charge >= 0.3 is 11.9 Å². The molecule has 0 aliphatic rings. The number of halogens is 4. The maximum absolute atomic E-state index is 13.2. The predicted molar refractivity (Wildman–Crippen MR) is 150 cm³/mol. The monoisotopic (exact) mass is 634 g/mol. The maximum atomic E-state index is 13.2. The summed E-state index contributed by atoms with van der Waals surface area (Å²) in [6.07, 6.45) is 0.307. The largest absolute Gasteiger partial charge is 0.480 e. The summed E-state index contributed by atoms with van der Waals surface area (Å²) >= 11 is 24.9. The van der Waals surface area contributed by atoms with Gasteiger partial charge in [-0.2, -0.15) is 0 Å². The molecular formula is C27H26Cl4O9. The lowest BCUT2D eigenvalue weighted by Gasteiger charge is -2.18. The number of carboxylic acid groups (broad SMARTS) is 2. The molecule has 40 heavy (non-hydrogen) atoms. The Morgan fingerprint density at radius 2 is 1.00 bits per heavy atom. The number of benzene rings is 2. The van der Waals surface area contributed by atoms with Gasteiger partial charge in [0.15, 0.2) is 24.8 Å². The van der Waals surface area contributed by atoms with Crippen LogP contribution in [0.1, 0.15) is 60.2 Å². The Hall–Kier alpha value is -2.85. The van der Waals surface area contributed by atoms with Crippen LogP contribution in [0.25, 0.3) is 0 Å². The number of hydrogen-bond donors (Lipinski definition) is 2. The molecule has 0 heterocycles. The summed E-state index contributed by atoms with van der Waals surface area (Å²) in [5, 5.41) is 17.1. The van der Waals surface area contributed by atoms with E-state index in [-0.39, 0.29) is 61.3 Å². The van der Waals surface area contributed by atoms with Crippen LogP contribution < -0.4 is 9.47 Å². The van der Waals surface area contributed by atoms with Crippen LogP contribution in [-0.4, -0.2) is 52.7 Å². The fraction of sp³-hybridized carbons (Fsp3) is 0.370. The van der Waals surface area contributed by atoms with Crippen LogP contribution in [0, 0.1) is 11.8 Å². The summed E-state index contributed by atoms with van der Waals surface area (Å²) in [6.45, 7) is 2.17. The van der Waals surface area contributed by atoms with Gasteiger partial charge in [0.05, 0.1) is 10.0 Å². The smallest absolute Gasteiger partial charge is 0.341 e. The Balaban J connectivity index is 2.15. The summed E-state index contributed by atoms with van der Waals surface area (Å²) in [7, 11) is 0. The lowest BCUT2D eigenvalue weighted by atomic mass is 9.85. The third kappa shape index (κ3) is 8.57. The van der Waals surface area contributed by atoms with Gasteiger partial charge in [0, 0.05) is 35.8 Å². The zero-order valence-corrected chi connectivity index (χ0v) is 24.5. The predicted octanol–water partition coefficient (Wildman–Crippen LogP) is 6.69. The minimum Gasteiger partial charge on any atom is -0.480 e. The molecule has 13 heteroatoms. The van der Waals surface area contributed by atoms with Crippen LogP contribution in [0.2, 0.25) is 20.1 Å². The topological polar surface area (TPSA) is 144 Å². The van der Waals surface area contributed by atoms with Crippen LogP contribution in [0.4, 0.5) is 0 Å². The number of Topliss-reactive ketones (excluding diaryl/α,β-unsaturated/α-hetero) is 3. The molecule has 0 saturated heterocycles. The minimum absolute atomic E-state index is 0.000661. The minimum atomic E-state index is -1.21. The maximum Gasteiger partial charge on any atom is 0.341 e. The first-order valence-electron chi connectivity index (χ1n) is 12.1. The molecule has 9 nitrogen and oxygen atoms in total. The van der Waals surface area contributed by atoms with E-state index in [0.717, 1.165) is 0 Å². The highest BCUT2D eigenvalue weighted by Crippen LogP contribution is 2.38. The fourth-order valence-corrected chi connectivity index (χ4v) is 4.80. The lowest BCUT2D eigenvalue weighted by Crippen LogP contribution is -2.23. The summed E-state index contributed by atoms with van der Waals surface area (Å²) in [4.78, 5) is 60.9. The molecule has 2 unspecified atom stereocenters. The van der Waals surface area contributed by atoms with Crippen LogP contribution in [-0.2, 0) is 14.4 Å². The van der Waals surface area contributed by atoms with Gasteiger partial charge in [-0.05, 0) is 37.1 Å². The number of carbonyl (C=O) groups is 5. The molecule has 0 radical (unpaired) electrons. The van der Waals surface area contributed by atoms with Gasteiger partial charge in [-0.25, -0.2) is 9.59 Å². The first-order chi connectivity index (χ1) is 18.8. The first kappa shape index (κ1) is 33.4. The van der Waals surface area contributed by atoms with Gasteiger partial charge in [0.25, 0.3) is 0 Å². The summed E-state index contributed by atoms with van der Waals surface area (Å²) in [5.41, 5.74) is 0.118. The number of aliphatic carboxylic acids is 2. The quantitative estimate of drug-likeness (QED) is 0.193. The van der Waals surface area contributed by atoms with E-state index < -0.39 is 48.6 Å². The Kier molecular flexibility index (Phi) is 12.7. The van der Waals surface area contributed by atoms with E-state index in [1.807, 2.05) is 0 Å². The summed E-state index contributed by atoms with van der Waals surface area (Å²) < 4.78 is 10.1. The fourth-order valence-electron chi connectivity index (χ4n) is 3.86. The number of rotatable bonds is 16. The number of hydrogen-bond acceptors (Lipinski definition) is 7. The normalized spacial score (nSPS) is 12.3.